The molecule has 1 aromatic heterocycles. The van der Waals surface area contributed by atoms with Gasteiger partial charge in [-0.3, -0.25) is 4.79 Å². The van der Waals surface area contributed by atoms with Crippen LogP contribution in [-0.4, -0.2) is 15.9 Å². The third kappa shape index (κ3) is 1.62. The van der Waals surface area contributed by atoms with Gasteiger partial charge in [-0.15, -0.1) is 12.4 Å². The highest BCUT2D eigenvalue weighted by molar-refractivity contribution is 5.96. The molecule has 0 radical (unpaired) electrons. The number of nitrogens with one attached hydrogen (secondary N) is 1. The fraction of sp³-hybridized carbons (Fsp3) is 0. The summed E-state index contributed by atoms with van der Waals surface area (Å²) in [7, 11) is 0. The Labute approximate surface area is 80.6 Å². The number of halogens is 1. The maximum absolute atomic E-state index is 10.8. The third-order valence-corrected chi connectivity index (χ3v) is 1.70. The van der Waals surface area contributed by atoms with Crippen LogP contribution in [-0.2, 0) is 0 Å². The summed E-state index contributed by atoms with van der Waals surface area (Å²) in [6.07, 6.45) is 1.58. The SMILES string of the molecule is Cl.NC(=O)c1ccc2nc[nH]c2c1. The molecule has 1 heterocycles. The van der Waals surface area contributed by atoms with Gasteiger partial charge in [-0.25, -0.2) is 4.98 Å². The van der Waals surface area contributed by atoms with Crippen molar-refractivity contribution < 1.29 is 4.79 Å². The lowest BCUT2D eigenvalue weighted by Crippen LogP contribution is -2.10. The predicted octanol–water partition coefficient (Wildman–Crippen LogP) is 1.08. The Balaban J connectivity index is 0.000000845. The molecule has 2 rings (SSSR count). The van der Waals surface area contributed by atoms with Gasteiger partial charge in [0.05, 0.1) is 17.4 Å². The van der Waals surface area contributed by atoms with E-state index in [0.29, 0.717) is 5.56 Å². The molecule has 3 N–H and O–H groups in total. The Hall–Kier alpha value is -1.55. The van der Waals surface area contributed by atoms with E-state index in [4.69, 9.17) is 5.73 Å². The molecule has 0 saturated carbocycles. The van der Waals surface area contributed by atoms with Crippen molar-refractivity contribution in [3.8, 4) is 0 Å². The summed E-state index contributed by atoms with van der Waals surface area (Å²) in [4.78, 5) is 17.7. The Morgan fingerprint density at radius 2 is 2.23 bits per heavy atom. The molecule has 0 atom stereocenters. The van der Waals surface area contributed by atoms with E-state index >= 15 is 0 Å². The van der Waals surface area contributed by atoms with Crippen LogP contribution in [0, 0.1) is 0 Å². The molecule has 0 fully saturated rings. The molecule has 0 unspecified atom stereocenters. The first-order chi connectivity index (χ1) is 5.77. The quantitative estimate of drug-likeness (QED) is 0.718. The van der Waals surface area contributed by atoms with E-state index < -0.39 is 5.91 Å². The van der Waals surface area contributed by atoms with Crippen molar-refractivity contribution in [2.24, 2.45) is 5.73 Å². The van der Waals surface area contributed by atoms with Gasteiger partial charge in [0.15, 0.2) is 0 Å². The summed E-state index contributed by atoms with van der Waals surface area (Å²) in [5.74, 6) is -0.425. The zero-order valence-electron chi connectivity index (χ0n) is 6.65. The minimum absolute atomic E-state index is 0. The molecular formula is C8H8ClN3O. The number of carbonyl (C=O) groups is 1. The number of fused-ring (bicyclic) bond motifs is 1. The number of aromatic nitrogens is 2. The van der Waals surface area contributed by atoms with Gasteiger partial charge >= 0.3 is 0 Å². The molecule has 0 aliphatic rings. The smallest absolute Gasteiger partial charge is 0.248 e. The minimum Gasteiger partial charge on any atom is -0.366 e. The summed E-state index contributed by atoms with van der Waals surface area (Å²) in [6.45, 7) is 0. The van der Waals surface area contributed by atoms with E-state index in [1.54, 1.807) is 24.5 Å². The van der Waals surface area contributed by atoms with E-state index in [-0.39, 0.29) is 12.4 Å². The van der Waals surface area contributed by atoms with E-state index in [0.717, 1.165) is 11.0 Å². The summed E-state index contributed by atoms with van der Waals surface area (Å²) >= 11 is 0. The number of primary amides is 1. The molecule has 0 aliphatic heterocycles. The van der Waals surface area contributed by atoms with Crippen molar-refractivity contribution in [2.45, 2.75) is 0 Å². The molecule has 0 aliphatic carbocycles. The molecule has 0 saturated heterocycles. The van der Waals surface area contributed by atoms with Gasteiger partial charge in [-0.1, -0.05) is 0 Å². The lowest BCUT2D eigenvalue weighted by atomic mass is 10.2. The second-order valence-corrected chi connectivity index (χ2v) is 2.50. The zero-order chi connectivity index (χ0) is 8.55. The average molecular weight is 198 g/mol. The topological polar surface area (TPSA) is 71.8 Å². The summed E-state index contributed by atoms with van der Waals surface area (Å²) in [5, 5.41) is 0. The zero-order valence-corrected chi connectivity index (χ0v) is 7.47. The number of imidazole rings is 1. The summed E-state index contributed by atoms with van der Waals surface area (Å²) in [5.41, 5.74) is 7.25. The molecule has 2 aromatic rings. The van der Waals surface area contributed by atoms with Crippen LogP contribution in [0.1, 0.15) is 10.4 Å². The fourth-order valence-corrected chi connectivity index (χ4v) is 1.09. The molecular weight excluding hydrogens is 190 g/mol. The van der Waals surface area contributed by atoms with E-state index in [1.165, 1.54) is 0 Å². The van der Waals surface area contributed by atoms with Crippen LogP contribution >= 0.6 is 12.4 Å². The van der Waals surface area contributed by atoms with E-state index in [9.17, 15) is 4.79 Å². The normalized spacial score (nSPS) is 9.54. The van der Waals surface area contributed by atoms with Crippen LogP contribution in [0.25, 0.3) is 11.0 Å². The number of nitrogens with two attached hydrogens (primary N) is 1. The maximum Gasteiger partial charge on any atom is 0.248 e. The first-order valence-electron chi connectivity index (χ1n) is 3.50. The van der Waals surface area contributed by atoms with Gasteiger partial charge in [-0.2, -0.15) is 0 Å². The Morgan fingerprint density at radius 3 is 2.92 bits per heavy atom. The lowest BCUT2D eigenvalue weighted by Gasteiger charge is -1.93. The van der Waals surface area contributed by atoms with Crippen LogP contribution in [0.5, 0.6) is 0 Å². The van der Waals surface area contributed by atoms with Crippen LogP contribution in [0.2, 0.25) is 0 Å². The molecule has 68 valence electrons. The number of amides is 1. The van der Waals surface area contributed by atoms with Gasteiger partial charge in [0.25, 0.3) is 0 Å². The van der Waals surface area contributed by atoms with Crippen molar-refractivity contribution in [3.63, 3.8) is 0 Å². The average Bonchev–Trinajstić information content (AvgIpc) is 2.49. The van der Waals surface area contributed by atoms with Crippen LogP contribution in [0.15, 0.2) is 24.5 Å². The van der Waals surface area contributed by atoms with Crippen molar-refractivity contribution in [1.82, 2.24) is 9.97 Å². The van der Waals surface area contributed by atoms with Crippen molar-refractivity contribution in [2.75, 3.05) is 0 Å². The summed E-state index contributed by atoms with van der Waals surface area (Å²) < 4.78 is 0. The van der Waals surface area contributed by atoms with E-state index in [1.807, 2.05) is 0 Å². The van der Waals surface area contributed by atoms with Gasteiger partial charge in [0.1, 0.15) is 0 Å². The number of rotatable bonds is 1. The Bertz CT molecular complexity index is 438. The summed E-state index contributed by atoms with van der Waals surface area (Å²) in [6, 6.07) is 5.10. The molecule has 4 nitrogen and oxygen atoms in total. The van der Waals surface area contributed by atoms with E-state index in [2.05, 4.69) is 9.97 Å². The largest absolute Gasteiger partial charge is 0.366 e. The number of hydrogen-bond donors (Lipinski definition) is 2. The van der Waals surface area contributed by atoms with Crippen LogP contribution in [0.4, 0.5) is 0 Å². The fourth-order valence-electron chi connectivity index (χ4n) is 1.09. The van der Waals surface area contributed by atoms with Crippen LogP contribution in [0.3, 0.4) is 0 Å². The second-order valence-electron chi connectivity index (χ2n) is 2.50. The molecule has 0 spiro atoms. The lowest BCUT2D eigenvalue weighted by molar-refractivity contribution is 0.100. The van der Waals surface area contributed by atoms with Gasteiger partial charge in [-0.05, 0) is 18.2 Å². The number of benzene rings is 1. The number of nitrogens with zero attached hydrogens (tertiary/aromatic N) is 1. The van der Waals surface area contributed by atoms with Gasteiger partial charge in [0, 0.05) is 5.56 Å². The number of hydrogen-bond acceptors (Lipinski definition) is 2. The molecule has 0 bridgehead atoms. The highest BCUT2D eigenvalue weighted by Crippen LogP contribution is 2.10. The highest BCUT2D eigenvalue weighted by Gasteiger charge is 2.01. The molecule has 13 heavy (non-hydrogen) atoms. The standard InChI is InChI=1S/C8H7N3O.ClH/c9-8(12)5-1-2-6-7(3-5)11-4-10-6;/h1-4H,(H2,9,12)(H,10,11);1H. The van der Waals surface area contributed by atoms with Crippen molar-refractivity contribution in [1.29, 1.82) is 0 Å². The van der Waals surface area contributed by atoms with Crippen LogP contribution < -0.4 is 5.73 Å². The predicted molar refractivity (Wildman–Crippen MR) is 51.9 cm³/mol. The van der Waals surface area contributed by atoms with Crippen molar-refractivity contribution >= 4 is 29.3 Å². The number of carbonyl (C=O) groups excluding carboxylic acids is 1. The van der Waals surface area contributed by atoms with Gasteiger partial charge < -0.3 is 10.7 Å². The number of H-pyrrole nitrogens is 1. The molecule has 1 amide bonds. The molecule has 1 aromatic carbocycles. The Morgan fingerprint density at radius 1 is 1.46 bits per heavy atom. The highest BCUT2D eigenvalue weighted by atomic mass is 35.5. The second kappa shape index (κ2) is 3.45. The van der Waals surface area contributed by atoms with Gasteiger partial charge in [0.2, 0.25) is 5.91 Å². The monoisotopic (exact) mass is 197 g/mol. The first-order valence-corrected chi connectivity index (χ1v) is 3.50. The minimum atomic E-state index is -0.425. The number of aromatic amines is 1. The maximum atomic E-state index is 10.8. The first kappa shape index (κ1) is 9.54. The molecule has 5 heteroatoms. The Kier molecular flexibility index (Phi) is 2.53. The van der Waals surface area contributed by atoms with Crippen molar-refractivity contribution in [3.05, 3.63) is 30.1 Å². The third-order valence-electron chi connectivity index (χ3n) is 1.70.